The molecule has 0 radical (unpaired) electrons. The first-order valence-corrected chi connectivity index (χ1v) is 19.6. The number of carboxylic acid groups (broad SMARTS) is 1. The lowest BCUT2D eigenvalue weighted by molar-refractivity contribution is -0.138. The standard InChI is InChI=1S/C24H30N6O3.C18H26N4O3/c1-17(2)15-21(24(33)27-19-11-7-4-8-12-19)28-23(32)20(29-30-25)13-14-26-16-22(31)18-9-5-3-6-10-18;19-22-21-16(18(24)25)13-9-4-2-1-3-5-10-14-20-17(23)15-11-7-6-8-12-15/h3-12,17,20-21,26H,13-16H2,1-2H3,(H,27,33)(H,28,32);6-8,11-12,16H,1-5,9-10,13-14H2,(H,20,23)(H,24,25)/t20-,21-;/m0./s1. The Labute approximate surface area is 339 Å². The molecule has 1 unspecified atom stereocenters. The first-order valence-electron chi connectivity index (χ1n) is 19.6. The van der Waals surface area contributed by atoms with Gasteiger partial charge in [0.05, 0.1) is 6.54 Å². The Morgan fingerprint density at radius 1 is 0.655 bits per heavy atom. The van der Waals surface area contributed by atoms with Crippen molar-refractivity contribution in [3.63, 3.8) is 0 Å². The van der Waals surface area contributed by atoms with Crippen molar-refractivity contribution in [3.8, 4) is 0 Å². The van der Waals surface area contributed by atoms with Crippen LogP contribution in [0.5, 0.6) is 0 Å². The van der Waals surface area contributed by atoms with Gasteiger partial charge in [-0.3, -0.25) is 24.0 Å². The van der Waals surface area contributed by atoms with E-state index in [4.69, 9.17) is 16.2 Å². The Bertz CT molecular complexity index is 1780. The van der Waals surface area contributed by atoms with Crippen molar-refractivity contribution in [1.29, 1.82) is 0 Å². The summed E-state index contributed by atoms with van der Waals surface area (Å²) in [6.07, 6.45) is 7.94. The maximum Gasteiger partial charge on any atom is 0.312 e. The minimum absolute atomic E-state index is 0.0337. The minimum Gasteiger partial charge on any atom is -0.481 e. The van der Waals surface area contributed by atoms with Crippen molar-refractivity contribution in [3.05, 3.63) is 123 Å². The summed E-state index contributed by atoms with van der Waals surface area (Å²) in [6.45, 7) is 4.98. The summed E-state index contributed by atoms with van der Waals surface area (Å²) >= 11 is 0. The maximum absolute atomic E-state index is 12.8. The Hall–Kier alpha value is -6.21. The lowest BCUT2D eigenvalue weighted by Crippen LogP contribution is -2.48. The van der Waals surface area contributed by atoms with Crippen LogP contribution in [0.3, 0.4) is 0 Å². The summed E-state index contributed by atoms with van der Waals surface area (Å²) in [5, 5.41) is 27.1. The largest absolute Gasteiger partial charge is 0.481 e. The first kappa shape index (κ1) is 47.9. The number of benzene rings is 3. The number of ketones is 1. The number of carbonyl (C=O) groups is 5. The molecule has 0 saturated carbocycles. The van der Waals surface area contributed by atoms with Crippen LogP contribution in [-0.4, -0.2) is 72.3 Å². The second kappa shape index (κ2) is 29.1. The molecule has 0 aliphatic carbocycles. The number of azide groups is 2. The molecule has 58 heavy (non-hydrogen) atoms. The van der Waals surface area contributed by atoms with Crippen molar-refractivity contribution < 1.29 is 29.1 Å². The van der Waals surface area contributed by atoms with Gasteiger partial charge < -0.3 is 26.4 Å². The number of Topliss-reactive ketones (excluding diaryl/α,β-unsaturated/α-hetero) is 1. The summed E-state index contributed by atoms with van der Waals surface area (Å²) in [5.41, 5.74) is 19.1. The number of rotatable bonds is 26. The highest BCUT2D eigenvalue weighted by Crippen LogP contribution is 2.13. The maximum atomic E-state index is 12.8. The van der Waals surface area contributed by atoms with E-state index in [0.29, 0.717) is 42.7 Å². The van der Waals surface area contributed by atoms with Crippen LogP contribution in [0.25, 0.3) is 20.9 Å². The van der Waals surface area contributed by atoms with Crippen LogP contribution < -0.4 is 21.3 Å². The van der Waals surface area contributed by atoms with Gasteiger partial charge in [-0.15, -0.1) is 0 Å². The Balaban J connectivity index is 0.000000416. The molecule has 0 aromatic heterocycles. The number of hydrogen-bond acceptors (Lipinski definition) is 8. The molecule has 3 atom stereocenters. The SMILES string of the molecule is CC(C)C[C@H](NC(=O)[C@H](CCNCC(=O)c1ccccc1)N=[N+]=[N-])C(=O)Nc1ccccc1.[N-]=[N+]=NC(CCCCCCCCCNC(=O)c1ccccc1)C(=O)O. The topological polar surface area (TPSA) is 251 Å². The number of nitrogens with one attached hydrogen (secondary N) is 4. The molecule has 310 valence electrons. The quantitative estimate of drug-likeness (QED) is 0.0176. The van der Waals surface area contributed by atoms with E-state index in [2.05, 4.69) is 41.3 Å². The van der Waals surface area contributed by atoms with Gasteiger partial charge in [0.25, 0.3) is 5.91 Å². The van der Waals surface area contributed by atoms with Gasteiger partial charge in [0.2, 0.25) is 11.8 Å². The molecule has 5 N–H and O–H groups in total. The van der Waals surface area contributed by atoms with E-state index in [0.717, 1.165) is 44.9 Å². The Kier molecular flexibility index (Phi) is 24.0. The van der Waals surface area contributed by atoms with Crippen LogP contribution in [0.2, 0.25) is 0 Å². The van der Waals surface area contributed by atoms with Gasteiger partial charge in [-0.1, -0.05) is 129 Å². The molecule has 3 aromatic carbocycles. The van der Waals surface area contributed by atoms with Crippen molar-refractivity contribution in [2.24, 2.45) is 16.1 Å². The molecule has 3 rings (SSSR count). The average molecular weight is 797 g/mol. The second-order valence-corrected chi connectivity index (χ2v) is 14.0. The zero-order valence-electron chi connectivity index (χ0n) is 33.3. The number of nitrogens with zero attached hydrogens (tertiary/aromatic N) is 6. The van der Waals surface area contributed by atoms with Crippen LogP contribution in [0.4, 0.5) is 5.69 Å². The molecule has 16 heteroatoms. The predicted molar refractivity (Wildman–Crippen MR) is 224 cm³/mol. The Morgan fingerprint density at radius 3 is 1.76 bits per heavy atom. The predicted octanol–water partition coefficient (Wildman–Crippen LogP) is 8.00. The van der Waals surface area contributed by atoms with Crippen molar-refractivity contribution in [1.82, 2.24) is 16.0 Å². The highest BCUT2D eigenvalue weighted by atomic mass is 16.4. The number of unbranched alkanes of at least 4 members (excludes halogenated alkanes) is 6. The van der Waals surface area contributed by atoms with Crippen LogP contribution in [-0.2, 0) is 14.4 Å². The molecule has 0 aliphatic rings. The third kappa shape index (κ3) is 20.6. The normalized spacial score (nSPS) is 11.9. The molecule has 0 aliphatic heterocycles. The van der Waals surface area contributed by atoms with Crippen LogP contribution in [0, 0.1) is 5.92 Å². The van der Waals surface area contributed by atoms with Crippen LogP contribution >= 0.6 is 0 Å². The molecule has 0 spiro atoms. The van der Waals surface area contributed by atoms with Crippen molar-refractivity contribution in [2.45, 2.75) is 96.2 Å². The fourth-order valence-corrected chi connectivity index (χ4v) is 5.73. The number of carboxylic acids is 1. The first-order chi connectivity index (χ1) is 28.0. The van der Waals surface area contributed by atoms with Gasteiger partial charge in [-0.05, 0) is 73.5 Å². The average Bonchev–Trinajstić information content (AvgIpc) is 3.22. The Morgan fingerprint density at radius 2 is 1.19 bits per heavy atom. The second-order valence-electron chi connectivity index (χ2n) is 14.0. The molecule has 3 aromatic rings. The van der Waals surface area contributed by atoms with E-state index in [1.807, 2.05) is 44.2 Å². The lowest BCUT2D eigenvalue weighted by Gasteiger charge is -2.22. The number of hydrogen-bond donors (Lipinski definition) is 5. The van der Waals surface area contributed by atoms with E-state index in [1.54, 1.807) is 60.7 Å². The van der Waals surface area contributed by atoms with Gasteiger partial charge in [-0.2, -0.15) is 0 Å². The van der Waals surface area contributed by atoms with E-state index < -0.39 is 30.0 Å². The molecule has 0 fully saturated rings. The van der Waals surface area contributed by atoms with Gasteiger partial charge in [0.15, 0.2) is 5.78 Å². The van der Waals surface area contributed by atoms with Crippen molar-refractivity contribution >= 4 is 35.2 Å². The van der Waals surface area contributed by atoms with Gasteiger partial charge in [-0.25, -0.2) is 0 Å². The monoisotopic (exact) mass is 796 g/mol. The van der Waals surface area contributed by atoms with Crippen LogP contribution in [0.15, 0.2) is 101 Å². The summed E-state index contributed by atoms with van der Waals surface area (Å²) in [6, 6.07) is 24.3. The fraction of sp³-hybridized carbons (Fsp3) is 0.452. The molecular formula is C42H56N10O6. The number of amides is 3. The van der Waals surface area contributed by atoms with Gasteiger partial charge >= 0.3 is 5.97 Å². The molecule has 16 nitrogen and oxygen atoms in total. The highest BCUT2D eigenvalue weighted by molar-refractivity contribution is 5.98. The molecule has 0 heterocycles. The van der Waals surface area contributed by atoms with Crippen LogP contribution in [0.1, 0.15) is 98.8 Å². The van der Waals surface area contributed by atoms with Crippen molar-refractivity contribution in [2.75, 3.05) is 25.0 Å². The third-order valence-corrected chi connectivity index (χ3v) is 8.80. The van der Waals surface area contributed by atoms with Gasteiger partial charge in [0, 0.05) is 33.2 Å². The smallest absolute Gasteiger partial charge is 0.312 e. The van der Waals surface area contributed by atoms with E-state index in [1.165, 1.54) is 0 Å². The highest BCUT2D eigenvalue weighted by Gasteiger charge is 2.26. The van der Waals surface area contributed by atoms with Gasteiger partial charge in [0.1, 0.15) is 18.1 Å². The zero-order chi connectivity index (χ0) is 42.4. The zero-order valence-corrected chi connectivity index (χ0v) is 33.3. The number of aliphatic carboxylic acids is 1. The number of anilines is 1. The number of carbonyl (C=O) groups excluding carboxylic acids is 4. The summed E-state index contributed by atoms with van der Waals surface area (Å²) in [4.78, 5) is 65.6. The fourth-order valence-electron chi connectivity index (χ4n) is 5.73. The lowest BCUT2D eigenvalue weighted by atomic mass is 10.0. The minimum atomic E-state index is -1.06. The van der Waals surface area contributed by atoms with E-state index in [9.17, 15) is 24.0 Å². The molecule has 0 saturated heterocycles. The summed E-state index contributed by atoms with van der Waals surface area (Å²) < 4.78 is 0. The van der Waals surface area contributed by atoms with E-state index >= 15 is 0 Å². The molecular weight excluding hydrogens is 741 g/mol. The summed E-state index contributed by atoms with van der Waals surface area (Å²) in [5.74, 6) is -1.88. The summed E-state index contributed by atoms with van der Waals surface area (Å²) in [7, 11) is 0. The third-order valence-electron chi connectivity index (χ3n) is 8.80. The molecule has 0 bridgehead atoms. The van der Waals surface area contributed by atoms with E-state index in [-0.39, 0.29) is 36.5 Å². The number of para-hydroxylation sites is 1. The molecule has 3 amide bonds.